The van der Waals surface area contributed by atoms with Gasteiger partial charge in [0.05, 0.1) is 13.0 Å². The van der Waals surface area contributed by atoms with Crippen molar-refractivity contribution in [2.45, 2.75) is 38.3 Å². The number of rotatable bonds is 9. The Kier molecular flexibility index (Phi) is 6.91. The van der Waals surface area contributed by atoms with E-state index in [2.05, 4.69) is 27.9 Å². The second kappa shape index (κ2) is 10.2. The molecule has 1 aliphatic rings. The van der Waals surface area contributed by atoms with E-state index >= 15 is 0 Å². The van der Waals surface area contributed by atoms with Gasteiger partial charge in [0.25, 0.3) is 5.91 Å². The molecule has 4 rings (SSSR count). The SMILES string of the molecule is CC[C@@H](CC(=O)O)NC(=O)c1cc(CNC(=O)OCC2c3ccccc3-c3ccccc32)on1. The highest BCUT2D eigenvalue weighted by Crippen LogP contribution is 2.44. The Labute approximate surface area is 196 Å². The van der Waals surface area contributed by atoms with Crippen molar-refractivity contribution in [2.24, 2.45) is 0 Å². The number of carboxylic acids is 1. The largest absolute Gasteiger partial charge is 0.481 e. The van der Waals surface area contributed by atoms with Crippen LogP contribution in [0, 0.1) is 0 Å². The number of amides is 2. The van der Waals surface area contributed by atoms with Gasteiger partial charge in [-0.05, 0) is 28.7 Å². The fourth-order valence-corrected chi connectivity index (χ4v) is 4.08. The Bertz CT molecular complexity index is 1160. The van der Waals surface area contributed by atoms with Crippen molar-refractivity contribution in [3.8, 4) is 11.1 Å². The number of carbonyl (C=O) groups excluding carboxylic acids is 2. The third-order valence-electron chi connectivity index (χ3n) is 5.79. The first kappa shape index (κ1) is 23.0. The number of nitrogens with one attached hydrogen (secondary N) is 2. The van der Waals surface area contributed by atoms with E-state index in [0.717, 1.165) is 22.3 Å². The van der Waals surface area contributed by atoms with Crippen LogP contribution in [0.5, 0.6) is 0 Å². The molecule has 34 heavy (non-hydrogen) atoms. The summed E-state index contributed by atoms with van der Waals surface area (Å²) >= 11 is 0. The zero-order valence-electron chi connectivity index (χ0n) is 18.6. The summed E-state index contributed by atoms with van der Waals surface area (Å²) < 4.78 is 10.6. The zero-order chi connectivity index (χ0) is 24.1. The standard InChI is InChI=1S/C25H25N3O6/c1-2-15(11-23(29)30)27-24(31)22-12-16(34-28-22)13-26-25(32)33-14-21-19-9-5-3-7-17(19)18-8-4-6-10-20(18)21/h3-10,12,15,21H,2,11,13-14H2,1H3,(H,26,32)(H,27,31)(H,29,30)/t15-/m0/s1. The van der Waals surface area contributed by atoms with Crippen molar-refractivity contribution in [3.63, 3.8) is 0 Å². The van der Waals surface area contributed by atoms with E-state index in [1.54, 1.807) is 6.92 Å². The Balaban J connectivity index is 1.30. The number of hydrogen-bond acceptors (Lipinski definition) is 6. The van der Waals surface area contributed by atoms with Crippen LogP contribution in [0.2, 0.25) is 0 Å². The molecule has 2 aromatic carbocycles. The molecule has 1 atom stereocenters. The predicted molar refractivity (Wildman–Crippen MR) is 122 cm³/mol. The Morgan fingerprint density at radius 1 is 1.09 bits per heavy atom. The molecule has 0 spiro atoms. The van der Waals surface area contributed by atoms with E-state index in [9.17, 15) is 14.4 Å². The fourth-order valence-electron chi connectivity index (χ4n) is 4.08. The summed E-state index contributed by atoms with van der Waals surface area (Å²) in [7, 11) is 0. The van der Waals surface area contributed by atoms with Gasteiger partial charge in [-0.2, -0.15) is 0 Å². The quantitative estimate of drug-likeness (QED) is 0.441. The summed E-state index contributed by atoms with van der Waals surface area (Å²) in [6.45, 7) is 1.95. The summed E-state index contributed by atoms with van der Waals surface area (Å²) in [5.41, 5.74) is 4.54. The van der Waals surface area contributed by atoms with E-state index in [-0.39, 0.29) is 36.9 Å². The molecule has 3 aromatic rings. The molecule has 0 unspecified atom stereocenters. The van der Waals surface area contributed by atoms with Gasteiger partial charge in [-0.1, -0.05) is 60.6 Å². The summed E-state index contributed by atoms with van der Waals surface area (Å²) in [5, 5.41) is 17.8. The molecule has 0 saturated heterocycles. The van der Waals surface area contributed by atoms with Gasteiger partial charge in [0.1, 0.15) is 6.61 Å². The van der Waals surface area contributed by atoms with Crippen molar-refractivity contribution in [3.05, 3.63) is 77.2 Å². The molecule has 9 heteroatoms. The summed E-state index contributed by atoms with van der Waals surface area (Å²) in [6, 6.07) is 17.0. The number of hydrogen-bond donors (Lipinski definition) is 3. The average molecular weight is 463 g/mol. The molecule has 0 bridgehead atoms. The third-order valence-corrected chi connectivity index (χ3v) is 5.79. The van der Waals surface area contributed by atoms with Crippen molar-refractivity contribution in [1.29, 1.82) is 0 Å². The average Bonchev–Trinajstić information content (AvgIpc) is 3.44. The first-order valence-electron chi connectivity index (χ1n) is 11.0. The molecule has 1 aromatic heterocycles. The lowest BCUT2D eigenvalue weighted by Crippen LogP contribution is -2.36. The van der Waals surface area contributed by atoms with E-state index < -0.39 is 24.0 Å². The molecule has 0 saturated carbocycles. The van der Waals surface area contributed by atoms with E-state index in [1.165, 1.54) is 6.07 Å². The minimum atomic E-state index is -1.000. The number of nitrogens with zero attached hydrogens (tertiary/aromatic N) is 1. The van der Waals surface area contributed by atoms with Crippen molar-refractivity contribution in [1.82, 2.24) is 15.8 Å². The van der Waals surface area contributed by atoms with Crippen LogP contribution in [-0.2, 0) is 16.1 Å². The second-order valence-electron chi connectivity index (χ2n) is 8.03. The van der Waals surface area contributed by atoms with Crippen LogP contribution < -0.4 is 10.6 Å². The molecular weight excluding hydrogens is 438 g/mol. The molecule has 176 valence electrons. The van der Waals surface area contributed by atoms with Gasteiger partial charge in [-0.15, -0.1) is 0 Å². The Hall–Kier alpha value is -4.14. The van der Waals surface area contributed by atoms with Crippen LogP contribution in [0.15, 0.2) is 59.1 Å². The normalized spacial score (nSPS) is 13.0. The van der Waals surface area contributed by atoms with Gasteiger partial charge >= 0.3 is 12.1 Å². The van der Waals surface area contributed by atoms with Crippen molar-refractivity contribution >= 4 is 18.0 Å². The second-order valence-corrected chi connectivity index (χ2v) is 8.03. The topological polar surface area (TPSA) is 131 Å². The molecule has 2 amide bonds. The maximum Gasteiger partial charge on any atom is 0.407 e. The predicted octanol–water partition coefficient (Wildman–Crippen LogP) is 3.70. The molecule has 9 nitrogen and oxygen atoms in total. The summed E-state index contributed by atoms with van der Waals surface area (Å²) in [6.07, 6.45) is -0.334. The molecule has 3 N–H and O–H groups in total. The number of aliphatic carboxylic acids is 1. The van der Waals surface area contributed by atoms with Gasteiger partial charge < -0.3 is 25.0 Å². The van der Waals surface area contributed by atoms with Crippen LogP contribution in [-0.4, -0.2) is 40.9 Å². The number of carbonyl (C=O) groups is 3. The number of fused-ring (bicyclic) bond motifs is 3. The van der Waals surface area contributed by atoms with Crippen molar-refractivity contribution < 1.29 is 28.8 Å². The molecule has 1 aliphatic carbocycles. The highest BCUT2D eigenvalue weighted by molar-refractivity contribution is 5.92. The van der Waals surface area contributed by atoms with E-state index in [0.29, 0.717) is 6.42 Å². The molecular formula is C25H25N3O6. The minimum Gasteiger partial charge on any atom is -0.481 e. The van der Waals surface area contributed by atoms with Crippen LogP contribution >= 0.6 is 0 Å². The lowest BCUT2D eigenvalue weighted by Gasteiger charge is -2.14. The Morgan fingerprint density at radius 3 is 2.35 bits per heavy atom. The van der Waals surface area contributed by atoms with Gasteiger partial charge in [0.2, 0.25) is 0 Å². The van der Waals surface area contributed by atoms with Crippen LogP contribution in [0.1, 0.15) is 53.1 Å². The lowest BCUT2D eigenvalue weighted by molar-refractivity contribution is -0.137. The number of ether oxygens (including phenoxy) is 1. The number of alkyl carbamates (subject to hydrolysis) is 1. The lowest BCUT2D eigenvalue weighted by atomic mass is 9.98. The molecule has 0 fully saturated rings. The summed E-state index contributed by atoms with van der Waals surface area (Å²) in [4.78, 5) is 35.4. The van der Waals surface area contributed by atoms with Crippen molar-refractivity contribution in [2.75, 3.05) is 6.61 Å². The maximum atomic E-state index is 12.3. The number of carboxylic acid groups (broad SMARTS) is 1. The highest BCUT2D eigenvalue weighted by Gasteiger charge is 2.29. The van der Waals surface area contributed by atoms with E-state index in [4.69, 9.17) is 14.4 Å². The van der Waals surface area contributed by atoms with Gasteiger partial charge in [0.15, 0.2) is 11.5 Å². The van der Waals surface area contributed by atoms with Gasteiger partial charge in [-0.3, -0.25) is 9.59 Å². The Morgan fingerprint density at radius 2 is 1.74 bits per heavy atom. The number of benzene rings is 2. The maximum absolute atomic E-state index is 12.3. The molecule has 1 heterocycles. The highest BCUT2D eigenvalue weighted by atomic mass is 16.5. The summed E-state index contributed by atoms with van der Waals surface area (Å²) in [5.74, 6) is -1.31. The zero-order valence-corrected chi connectivity index (χ0v) is 18.6. The van der Waals surface area contributed by atoms with Gasteiger partial charge in [-0.25, -0.2) is 4.79 Å². The van der Waals surface area contributed by atoms with Crippen LogP contribution in [0.4, 0.5) is 4.79 Å². The third kappa shape index (κ3) is 5.09. The van der Waals surface area contributed by atoms with Crippen LogP contribution in [0.25, 0.3) is 11.1 Å². The molecule has 0 radical (unpaired) electrons. The fraction of sp³-hybridized carbons (Fsp3) is 0.280. The first-order chi connectivity index (χ1) is 16.5. The van der Waals surface area contributed by atoms with Crippen LogP contribution in [0.3, 0.4) is 0 Å². The minimum absolute atomic E-state index is 0.00757. The van der Waals surface area contributed by atoms with E-state index in [1.807, 2.05) is 36.4 Å². The van der Waals surface area contributed by atoms with Gasteiger partial charge in [0, 0.05) is 18.0 Å². The number of aromatic nitrogens is 1. The first-order valence-corrected chi connectivity index (χ1v) is 11.0. The molecule has 0 aliphatic heterocycles. The smallest absolute Gasteiger partial charge is 0.407 e. The monoisotopic (exact) mass is 463 g/mol.